The van der Waals surface area contributed by atoms with Crippen LogP contribution < -0.4 is 0 Å². The van der Waals surface area contributed by atoms with Crippen molar-refractivity contribution in [3.8, 4) is 56.4 Å². The molecule has 0 unspecified atom stereocenters. The topological polar surface area (TPSA) is 51.8 Å². The van der Waals surface area contributed by atoms with Crippen molar-refractivity contribution in [2.75, 3.05) is 0 Å². The second kappa shape index (κ2) is 10.8. The molecule has 2 aromatic heterocycles. The van der Waals surface area contributed by atoms with Gasteiger partial charge in [-0.1, -0.05) is 121 Å². The van der Waals surface area contributed by atoms with E-state index in [-0.39, 0.29) is 0 Å². The zero-order chi connectivity index (χ0) is 29.5. The van der Waals surface area contributed by atoms with Crippen LogP contribution in [0.25, 0.3) is 78.4 Å². The molecule has 208 valence electrons. The van der Waals surface area contributed by atoms with Gasteiger partial charge in [0.25, 0.3) is 0 Å². The number of fused-ring (bicyclic) bond motifs is 3. The largest absolute Gasteiger partial charge is 0.456 e. The summed E-state index contributed by atoms with van der Waals surface area (Å²) < 4.78 is 6.08. The second-order valence-electron chi connectivity index (χ2n) is 10.9. The Hall–Kier alpha value is -5.87. The second-order valence-corrected chi connectivity index (χ2v) is 10.9. The Morgan fingerprint density at radius 2 is 0.886 bits per heavy atom. The van der Waals surface area contributed by atoms with E-state index in [1.165, 1.54) is 16.7 Å². The van der Waals surface area contributed by atoms with E-state index in [1.807, 2.05) is 72.8 Å². The molecule has 6 aromatic carbocycles. The van der Waals surface area contributed by atoms with Gasteiger partial charge in [0.15, 0.2) is 17.5 Å². The fourth-order valence-electron chi connectivity index (χ4n) is 5.92. The molecule has 0 saturated carbocycles. The fourth-order valence-corrected chi connectivity index (χ4v) is 5.92. The number of rotatable bonds is 5. The predicted molar refractivity (Wildman–Crippen MR) is 179 cm³/mol. The van der Waals surface area contributed by atoms with Crippen LogP contribution in [0.15, 0.2) is 150 Å². The highest BCUT2D eigenvalue weighted by Gasteiger charge is 2.15. The Kier molecular flexibility index (Phi) is 6.31. The SMILES string of the molecule is Cc1c(-c2cccc(-c3nc(-c4ccccc4)nc(-c4ccccc4)n3)c2)cccc1-c1ccc2oc3ccccc3c2c1. The molecule has 44 heavy (non-hydrogen) atoms. The lowest BCUT2D eigenvalue weighted by atomic mass is 9.91. The third-order valence-corrected chi connectivity index (χ3v) is 8.15. The lowest BCUT2D eigenvalue weighted by Gasteiger charge is -2.13. The summed E-state index contributed by atoms with van der Waals surface area (Å²) in [5, 5.41) is 2.26. The Balaban J connectivity index is 1.23. The highest BCUT2D eigenvalue weighted by Crippen LogP contribution is 2.37. The number of benzene rings is 6. The van der Waals surface area contributed by atoms with E-state index < -0.39 is 0 Å². The van der Waals surface area contributed by atoms with Crippen molar-refractivity contribution in [1.29, 1.82) is 0 Å². The van der Waals surface area contributed by atoms with Crippen molar-refractivity contribution >= 4 is 21.9 Å². The van der Waals surface area contributed by atoms with Gasteiger partial charge in [0.1, 0.15) is 11.2 Å². The lowest BCUT2D eigenvalue weighted by molar-refractivity contribution is 0.669. The molecule has 2 heterocycles. The lowest BCUT2D eigenvalue weighted by Crippen LogP contribution is -2.00. The molecule has 0 radical (unpaired) electrons. The zero-order valence-corrected chi connectivity index (χ0v) is 24.1. The molecule has 8 rings (SSSR count). The molecule has 0 N–H and O–H groups in total. The molecule has 4 heteroatoms. The first kappa shape index (κ1) is 25.8. The van der Waals surface area contributed by atoms with E-state index in [0.717, 1.165) is 49.8 Å². The molecule has 0 saturated heterocycles. The molecule has 0 fully saturated rings. The highest BCUT2D eigenvalue weighted by molar-refractivity contribution is 6.06. The van der Waals surface area contributed by atoms with Crippen LogP contribution >= 0.6 is 0 Å². The van der Waals surface area contributed by atoms with Crippen LogP contribution in [0.5, 0.6) is 0 Å². The fraction of sp³-hybridized carbons (Fsp3) is 0.0250. The van der Waals surface area contributed by atoms with Gasteiger partial charge in [0.2, 0.25) is 0 Å². The standard InChI is InChI=1S/C40H27N3O/c1-26-32(19-11-20-33(26)30-22-23-37-35(25-30)34-18-8-9-21-36(34)44-37)29-16-10-17-31(24-29)40-42-38(27-12-4-2-5-13-27)41-39(43-40)28-14-6-3-7-15-28/h2-25H,1H3. The smallest absolute Gasteiger partial charge is 0.164 e. The minimum atomic E-state index is 0.644. The minimum absolute atomic E-state index is 0.644. The molecule has 0 spiro atoms. The van der Waals surface area contributed by atoms with Gasteiger partial charge in [-0.3, -0.25) is 0 Å². The first-order valence-corrected chi connectivity index (χ1v) is 14.7. The summed E-state index contributed by atoms with van der Waals surface area (Å²) in [7, 11) is 0. The van der Waals surface area contributed by atoms with Crippen LogP contribution in [-0.2, 0) is 0 Å². The average molecular weight is 566 g/mol. The van der Waals surface area contributed by atoms with E-state index in [9.17, 15) is 0 Å². The summed E-state index contributed by atoms with van der Waals surface area (Å²) >= 11 is 0. The predicted octanol–water partition coefficient (Wildman–Crippen LogP) is 10.4. The van der Waals surface area contributed by atoms with Crippen molar-refractivity contribution in [2.45, 2.75) is 6.92 Å². The van der Waals surface area contributed by atoms with Gasteiger partial charge >= 0.3 is 0 Å². The first-order valence-electron chi connectivity index (χ1n) is 14.7. The Bertz CT molecular complexity index is 2230. The monoisotopic (exact) mass is 565 g/mol. The molecule has 4 nitrogen and oxygen atoms in total. The van der Waals surface area contributed by atoms with Gasteiger partial charge in [0, 0.05) is 27.5 Å². The van der Waals surface area contributed by atoms with E-state index in [0.29, 0.717) is 17.5 Å². The van der Waals surface area contributed by atoms with Crippen LogP contribution in [0.4, 0.5) is 0 Å². The van der Waals surface area contributed by atoms with Crippen molar-refractivity contribution in [3.05, 3.63) is 151 Å². The van der Waals surface area contributed by atoms with Gasteiger partial charge in [-0.25, -0.2) is 15.0 Å². The molecule has 0 aliphatic rings. The van der Waals surface area contributed by atoms with Gasteiger partial charge in [0.05, 0.1) is 0 Å². The molecular weight excluding hydrogens is 538 g/mol. The van der Waals surface area contributed by atoms with E-state index in [2.05, 4.69) is 79.7 Å². The number of nitrogens with zero attached hydrogens (tertiary/aromatic N) is 3. The van der Waals surface area contributed by atoms with Crippen molar-refractivity contribution < 1.29 is 4.42 Å². The van der Waals surface area contributed by atoms with Gasteiger partial charge in [-0.2, -0.15) is 0 Å². The summed E-state index contributed by atoms with van der Waals surface area (Å²) in [5.41, 5.74) is 10.5. The van der Waals surface area contributed by atoms with E-state index >= 15 is 0 Å². The summed E-state index contributed by atoms with van der Waals surface area (Å²) in [4.78, 5) is 14.7. The Morgan fingerprint density at radius 1 is 0.386 bits per heavy atom. The number of para-hydroxylation sites is 1. The quantitative estimate of drug-likeness (QED) is 0.208. The molecule has 0 amide bonds. The molecule has 0 bridgehead atoms. The van der Waals surface area contributed by atoms with Crippen LogP contribution in [0, 0.1) is 6.92 Å². The molecule has 8 aromatic rings. The Labute approximate surface area is 255 Å². The van der Waals surface area contributed by atoms with Crippen LogP contribution in [0.3, 0.4) is 0 Å². The number of hydrogen-bond donors (Lipinski definition) is 0. The molecule has 0 atom stereocenters. The van der Waals surface area contributed by atoms with Gasteiger partial charge in [-0.15, -0.1) is 0 Å². The first-order chi connectivity index (χ1) is 21.7. The minimum Gasteiger partial charge on any atom is -0.456 e. The van der Waals surface area contributed by atoms with Gasteiger partial charge < -0.3 is 4.42 Å². The summed E-state index contributed by atoms with van der Waals surface area (Å²) in [6, 6.07) is 49.8. The van der Waals surface area contributed by atoms with Crippen molar-refractivity contribution in [3.63, 3.8) is 0 Å². The maximum Gasteiger partial charge on any atom is 0.164 e. The highest BCUT2D eigenvalue weighted by atomic mass is 16.3. The Morgan fingerprint density at radius 3 is 1.57 bits per heavy atom. The van der Waals surface area contributed by atoms with E-state index in [4.69, 9.17) is 19.4 Å². The van der Waals surface area contributed by atoms with Gasteiger partial charge in [-0.05, 0) is 59.0 Å². The maximum atomic E-state index is 6.08. The van der Waals surface area contributed by atoms with Crippen LogP contribution in [0.2, 0.25) is 0 Å². The zero-order valence-electron chi connectivity index (χ0n) is 24.1. The molecule has 0 aliphatic carbocycles. The maximum absolute atomic E-state index is 6.08. The van der Waals surface area contributed by atoms with Crippen LogP contribution in [-0.4, -0.2) is 15.0 Å². The summed E-state index contributed by atoms with van der Waals surface area (Å²) in [6.45, 7) is 2.19. The number of aromatic nitrogens is 3. The molecule has 0 aliphatic heterocycles. The normalized spacial score (nSPS) is 11.3. The van der Waals surface area contributed by atoms with Crippen LogP contribution in [0.1, 0.15) is 5.56 Å². The van der Waals surface area contributed by atoms with Crippen molar-refractivity contribution in [2.24, 2.45) is 0 Å². The third kappa shape index (κ3) is 4.63. The summed E-state index contributed by atoms with van der Waals surface area (Å²) in [5.74, 6) is 1.95. The molecular formula is C40H27N3O. The van der Waals surface area contributed by atoms with E-state index in [1.54, 1.807) is 0 Å². The average Bonchev–Trinajstić information content (AvgIpc) is 3.47. The number of hydrogen-bond acceptors (Lipinski definition) is 4. The third-order valence-electron chi connectivity index (χ3n) is 8.15. The number of furan rings is 1. The summed E-state index contributed by atoms with van der Waals surface area (Å²) in [6.07, 6.45) is 0. The van der Waals surface area contributed by atoms with Crippen molar-refractivity contribution in [1.82, 2.24) is 15.0 Å².